The van der Waals surface area contributed by atoms with Crippen LogP contribution in [0.5, 0.6) is 0 Å². The fourth-order valence-electron chi connectivity index (χ4n) is 4.84. The second-order valence-electron chi connectivity index (χ2n) is 9.38. The van der Waals surface area contributed by atoms with E-state index < -0.39 is 23.4 Å². The number of carbonyl (C=O) groups excluding carboxylic acids is 2. The molecule has 0 spiro atoms. The summed E-state index contributed by atoms with van der Waals surface area (Å²) >= 11 is 6.15. The molecule has 1 atom stereocenters. The molecule has 0 radical (unpaired) electrons. The number of benzene rings is 1. The molecule has 2 aromatic rings. The van der Waals surface area contributed by atoms with E-state index in [1.165, 1.54) is 20.1 Å². The normalized spacial score (nSPS) is 17.9. The van der Waals surface area contributed by atoms with E-state index in [2.05, 4.69) is 15.3 Å². The van der Waals surface area contributed by atoms with E-state index in [-0.39, 0.29) is 35.9 Å². The van der Waals surface area contributed by atoms with Crippen molar-refractivity contribution in [2.24, 2.45) is 0 Å². The summed E-state index contributed by atoms with van der Waals surface area (Å²) in [5.41, 5.74) is 5.27. The Balaban J connectivity index is 1.55. The molecule has 0 unspecified atom stereocenters. The van der Waals surface area contributed by atoms with Gasteiger partial charge in [-0.2, -0.15) is 13.2 Å². The van der Waals surface area contributed by atoms with Crippen molar-refractivity contribution >= 4 is 34.9 Å². The van der Waals surface area contributed by atoms with Crippen molar-refractivity contribution in [2.45, 2.75) is 57.6 Å². The Morgan fingerprint density at radius 3 is 2.43 bits per heavy atom. The van der Waals surface area contributed by atoms with Crippen molar-refractivity contribution < 1.29 is 27.5 Å². The SMILES string of the molecule is COC1(C(=O)N2Cc3nc(Cl)nc(N[C@H](C)c4cc(N)cc(C(F)(F)F)c4)c3C2)CCN(C(C)=O)CC1. The lowest BCUT2D eigenvalue weighted by atomic mass is 9.89. The lowest BCUT2D eigenvalue weighted by molar-refractivity contribution is -0.163. The van der Waals surface area contributed by atoms with Gasteiger partial charge in [0.05, 0.1) is 30.4 Å². The van der Waals surface area contributed by atoms with E-state index in [9.17, 15) is 22.8 Å². The van der Waals surface area contributed by atoms with Crippen LogP contribution in [0.2, 0.25) is 5.28 Å². The Hall–Kier alpha value is -3.12. The van der Waals surface area contributed by atoms with Crippen molar-refractivity contribution in [1.82, 2.24) is 19.8 Å². The van der Waals surface area contributed by atoms with Crippen molar-refractivity contribution in [3.63, 3.8) is 0 Å². The van der Waals surface area contributed by atoms with Crippen LogP contribution in [0.1, 0.15) is 55.1 Å². The van der Waals surface area contributed by atoms with E-state index in [1.54, 1.807) is 16.7 Å². The topological polar surface area (TPSA) is 114 Å². The van der Waals surface area contributed by atoms with Crippen molar-refractivity contribution in [3.05, 3.63) is 45.9 Å². The summed E-state index contributed by atoms with van der Waals surface area (Å²) in [7, 11) is 1.48. The maximum absolute atomic E-state index is 13.6. The molecule has 3 N–H and O–H groups in total. The number of amides is 2. The smallest absolute Gasteiger partial charge is 0.399 e. The van der Waals surface area contributed by atoms with E-state index >= 15 is 0 Å². The predicted molar refractivity (Wildman–Crippen MR) is 130 cm³/mol. The van der Waals surface area contributed by atoms with Crippen molar-refractivity contribution in [3.8, 4) is 0 Å². The lowest BCUT2D eigenvalue weighted by Crippen LogP contribution is -2.55. The van der Waals surface area contributed by atoms with E-state index in [4.69, 9.17) is 22.1 Å². The number of halogens is 4. The highest BCUT2D eigenvalue weighted by Gasteiger charge is 2.46. The van der Waals surface area contributed by atoms with Gasteiger partial charge in [0, 0.05) is 51.2 Å². The number of piperidine rings is 1. The highest BCUT2D eigenvalue weighted by molar-refractivity contribution is 6.28. The minimum atomic E-state index is -4.54. The number of aromatic nitrogens is 2. The Labute approximate surface area is 217 Å². The van der Waals surface area contributed by atoms with Crippen LogP contribution in [0, 0.1) is 0 Å². The molecule has 1 saturated heterocycles. The van der Waals surface area contributed by atoms with Gasteiger partial charge in [-0.15, -0.1) is 0 Å². The van der Waals surface area contributed by atoms with Crippen LogP contribution in [0.3, 0.4) is 0 Å². The number of nitrogens with zero attached hydrogens (tertiary/aromatic N) is 4. The van der Waals surface area contributed by atoms with Crippen LogP contribution in [-0.4, -0.2) is 57.4 Å². The van der Waals surface area contributed by atoms with Gasteiger partial charge in [-0.3, -0.25) is 9.59 Å². The fraction of sp³-hybridized carbons (Fsp3) is 0.500. The molecule has 1 fully saturated rings. The summed E-state index contributed by atoms with van der Waals surface area (Å²) in [5, 5.41) is 3.06. The maximum Gasteiger partial charge on any atom is 0.416 e. The standard InChI is InChI=1S/C24H28ClF3N6O3/c1-13(15-8-16(24(26,27)28)10-17(29)9-15)30-20-18-11-34(12-19(18)31-22(25)32-20)21(36)23(37-3)4-6-33(7-5-23)14(2)35/h8-10,13H,4-7,11-12,29H2,1-3H3,(H,30,31,32)/t13-/m1/s1. The number of likely N-dealkylation sites (tertiary alicyclic amines) is 1. The second-order valence-corrected chi connectivity index (χ2v) is 9.72. The van der Waals surface area contributed by atoms with Gasteiger partial charge in [-0.05, 0) is 42.3 Å². The average molecular weight is 541 g/mol. The van der Waals surface area contributed by atoms with Crippen LogP contribution in [0.15, 0.2) is 18.2 Å². The fourth-order valence-corrected chi connectivity index (χ4v) is 5.03. The first-order valence-corrected chi connectivity index (χ1v) is 12.1. The number of ether oxygens (including phenoxy) is 1. The van der Waals surface area contributed by atoms with Crippen LogP contribution < -0.4 is 11.1 Å². The molecule has 0 aliphatic carbocycles. The molecule has 37 heavy (non-hydrogen) atoms. The van der Waals surface area contributed by atoms with Gasteiger partial charge >= 0.3 is 6.18 Å². The number of hydrogen-bond donors (Lipinski definition) is 2. The molecule has 1 aromatic heterocycles. The third-order valence-corrected chi connectivity index (χ3v) is 7.17. The van der Waals surface area contributed by atoms with Crippen molar-refractivity contribution in [1.29, 1.82) is 0 Å². The molecule has 2 aliphatic rings. The van der Waals surface area contributed by atoms with Crippen LogP contribution >= 0.6 is 11.6 Å². The third kappa shape index (κ3) is 5.45. The van der Waals surface area contributed by atoms with Gasteiger partial charge in [0.1, 0.15) is 11.4 Å². The molecule has 2 amide bonds. The summed E-state index contributed by atoms with van der Waals surface area (Å²) < 4.78 is 45.5. The molecule has 2 aliphatic heterocycles. The number of nitrogens with one attached hydrogen (secondary N) is 1. The number of anilines is 2. The predicted octanol–water partition coefficient (Wildman–Crippen LogP) is 3.77. The zero-order valence-electron chi connectivity index (χ0n) is 20.7. The Morgan fingerprint density at radius 1 is 1.16 bits per heavy atom. The second kappa shape index (κ2) is 9.97. The highest BCUT2D eigenvalue weighted by atomic mass is 35.5. The molecule has 0 saturated carbocycles. The third-order valence-electron chi connectivity index (χ3n) is 7.00. The van der Waals surface area contributed by atoms with Crippen molar-refractivity contribution in [2.75, 3.05) is 31.2 Å². The number of alkyl halides is 3. The van der Waals surface area contributed by atoms with E-state index in [0.717, 1.165) is 12.1 Å². The molecular weight excluding hydrogens is 513 g/mol. The number of nitrogen functional groups attached to an aromatic ring is 1. The first-order valence-electron chi connectivity index (χ1n) is 11.7. The van der Waals surface area contributed by atoms with Crippen LogP contribution in [0.25, 0.3) is 0 Å². The van der Waals surface area contributed by atoms with Gasteiger partial charge in [0.15, 0.2) is 0 Å². The summed E-state index contributed by atoms with van der Waals surface area (Å²) in [6.07, 6.45) is -3.82. The average Bonchev–Trinajstić information content (AvgIpc) is 3.26. The lowest BCUT2D eigenvalue weighted by Gasteiger charge is -2.41. The van der Waals surface area contributed by atoms with Gasteiger partial charge in [-0.25, -0.2) is 9.97 Å². The molecule has 9 nitrogen and oxygen atoms in total. The maximum atomic E-state index is 13.6. The number of methoxy groups -OCH3 is 1. The van der Waals surface area contributed by atoms with Gasteiger partial charge in [0.2, 0.25) is 11.2 Å². The highest BCUT2D eigenvalue weighted by Crippen LogP contribution is 2.36. The largest absolute Gasteiger partial charge is 0.416 e. The molecule has 1 aromatic carbocycles. The summed E-state index contributed by atoms with van der Waals surface area (Å²) in [6.45, 7) is 4.34. The monoisotopic (exact) mass is 540 g/mol. The van der Waals surface area contributed by atoms with E-state index in [0.29, 0.717) is 48.6 Å². The van der Waals surface area contributed by atoms with Crippen LogP contribution in [-0.2, 0) is 33.6 Å². The molecule has 13 heteroatoms. The number of carbonyl (C=O) groups is 2. The molecule has 3 heterocycles. The molecular formula is C24H28ClF3N6O3. The molecule has 200 valence electrons. The first-order chi connectivity index (χ1) is 17.3. The summed E-state index contributed by atoms with van der Waals surface area (Å²) in [4.78, 5) is 37.1. The zero-order chi connectivity index (χ0) is 27.1. The number of hydrogen-bond acceptors (Lipinski definition) is 7. The Bertz CT molecular complexity index is 1220. The van der Waals surface area contributed by atoms with Crippen LogP contribution in [0.4, 0.5) is 24.7 Å². The molecule has 4 rings (SSSR count). The number of fused-ring (bicyclic) bond motifs is 1. The van der Waals surface area contributed by atoms with Gasteiger partial charge < -0.3 is 25.6 Å². The first kappa shape index (κ1) is 26.9. The Kier molecular flexibility index (Phi) is 7.26. The number of nitrogens with two attached hydrogens (primary N) is 1. The zero-order valence-corrected chi connectivity index (χ0v) is 21.4. The quantitative estimate of drug-likeness (QED) is 0.438. The summed E-state index contributed by atoms with van der Waals surface area (Å²) in [6, 6.07) is 2.76. The minimum Gasteiger partial charge on any atom is -0.399 e. The van der Waals surface area contributed by atoms with Gasteiger partial charge in [-0.1, -0.05) is 0 Å². The Morgan fingerprint density at radius 2 is 1.84 bits per heavy atom. The van der Waals surface area contributed by atoms with E-state index in [1.807, 2.05) is 0 Å². The minimum absolute atomic E-state index is 0.0121. The summed E-state index contributed by atoms with van der Waals surface area (Å²) in [5.74, 6) is 0.0478. The van der Waals surface area contributed by atoms with Gasteiger partial charge in [0.25, 0.3) is 5.91 Å². The number of rotatable bonds is 5. The molecule has 0 bridgehead atoms.